The fraction of sp³-hybridized carbons (Fsp3) is 0.737. The smallest absolute Gasteiger partial charge is 0.425 e. The lowest BCUT2D eigenvalue weighted by atomic mass is 9.81. The van der Waals surface area contributed by atoms with Crippen molar-refractivity contribution in [2.24, 2.45) is 0 Å². The third-order valence-electron chi connectivity index (χ3n) is 5.22. The van der Waals surface area contributed by atoms with Crippen molar-refractivity contribution in [3.63, 3.8) is 0 Å². The standard InChI is InChI=1S/C19H26F3NO4S/c1-11-9-18(6-7-23(11)16(25)27-17(2,3)4)14-12(5-8-26-18)13(10-24)15(28-14)19(20,21)22/h11,24H,5-10H2,1-4H3/t11-,18+/m0/s1. The number of amides is 1. The molecule has 0 bridgehead atoms. The van der Waals surface area contributed by atoms with E-state index >= 15 is 0 Å². The molecule has 3 heterocycles. The number of rotatable bonds is 1. The molecule has 1 amide bonds. The second-order valence-corrected chi connectivity index (χ2v) is 9.46. The van der Waals surface area contributed by atoms with E-state index in [-0.39, 0.29) is 11.6 Å². The summed E-state index contributed by atoms with van der Waals surface area (Å²) < 4.78 is 51.9. The molecule has 0 aromatic carbocycles. The van der Waals surface area contributed by atoms with E-state index in [4.69, 9.17) is 9.47 Å². The zero-order chi connectivity index (χ0) is 20.9. The van der Waals surface area contributed by atoms with Gasteiger partial charge in [-0.25, -0.2) is 4.79 Å². The van der Waals surface area contributed by atoms with Gasteiger partial charge in [-0.1, -0.05) is 0 Å². The van der Waals surface area contributed by atoms with E-state index in [0.29, 0.717) is 54.2 Å². The minimum absolute atomic E-state index is 0.0302. The Labute approximate surface area is 166 Å². The number of aliphatic hydroxyl groups is 1. The fourth-order valence-electron chi connectivity index (χ4n) is 4.08. The highest BCUT2D eigenvalue weighted by atomic mass is 32.1. The van der Waals surface area contributed by atoms with Crippen LogP contribution in [-0.2, 0) is 34.3 Å². The number of hydrogen-bond donors (Lipinski definition) is 1. The molecule has 9 heteroatoms. The van der Waals surface area contributed by atoms with Gasteiger partial charge in [-0.15, -0.1) is 11.3 Å². The van der Waals surface area contributed by atoms with Gasteiger partial charge in [0.15, 0.2) is 0 Å². The minimum atomic E-state index is -4.51. The summed E-state index contributed by atoms with van der Waals surface area (Å²) in [6.45, 7) is 7.22. The Morgan fingerprint density at radius 3 is 2.61 bits per heavy atom. The van der Waals surface area contributed by atoms with Crippen LogP contribution in [0.3, 0.4) is 0 Å². The molecule has 1 aromatic rings. The number of fused-ring (bicyclic) bond motifs is 2. The third-order valence-corrected chi connectivity index (χ3v) is 6.72. The molecule has 28 heavy (non-hydrogen) atoms. The predicted molar refractivity (Wildman–Crippen MR) is 98.2 cm³/mol. The Hall–Kier alpha value is -1.32. The first kappa shape index (κ1) is 21.4. The number of halogens is 3. The molecule has 158 valence electrons. The maximum atomic E-state index is 13.5. The second-order valence-electron chi connectivity index (χ2n) is 8.44. The molecular formula is C19H26F3NO4S. The number of thiophene rings is 1. The Balaban J connectivity index is 1.91. The Morgan fingerprint density at radius 2 is 2.07 bits per heavy atom. The maximum absolute atomic E-state index is 13.5. The number of carbonyl (C=O) groups is 1. The van der Waals surface area contributed by atoms with Crippen LogP contribution in [0.4, 0.5) is 18.0 Å². The summed E-state index contributed by atoms with van der Waals surface area (Å²) >= 11 is 0.676. The molecule has 0 aliphatic carbocycles. The molecule has 3 rings (SSSR count). The summed E-state index contributed by atoms with van der Waals surface area (Å²) in [5.41, 5.74) is -0.948. The van der Waals surface area contributed by atoms with Gasteiger partial charge in [0.1, 0.15) is 16.1 Å². The van der Waals surface area contributed by atoms with Crippen molar-refractivity contribution >= 4 is 17.4 Å². The van der Waals surface area contributed by atoms with Crippen LogP contribution in [0.5, 0.6) is 0 Å². The van der Waals surface area contributed by atoms with Gasteiger partial charge in [-0.3, -0.25) is 0 Å². The Bertz CT molecular complexity index is 756. The zero-order valence-electron chi connectivity index (χ0n) is 16.5. The van der Waals surface area contributed by atoms with E-state index in [1.807, 2.05) is 6.92 Å². The van der Waals surface area contributed by atoms with E-state index in [2.05, 4.69) is 0 Å². The third kappa shape index (κ3) is 3.89. The molecule has 0 radical (unpaired) electrons. The van der Waals surface area contributed by atoms with Gasteiger partial charge in [0.05, 0.1) is 13.2 Å². The van der Waals surface area contributed by atoms with Crippen molar-refractivity contribution < 1.29 is 32.5 Å². The van der Waals surface area contributed by atoms with Crippen molar-refractivity contribution in [2.45, 2.75) is 77.0 Å². The number of likely N-dealkylation sites (tertiary alicyclic amines) is 1. The average molecular weight is 421 g/mol. The lowest BCUT2D eigenvalue weighted by Gasteiger charge is -2.47. The fourth-order valence-corrected chi connectivity index (χ4v) is 5.49. The van der Waals surface area contributed by atoms with Gasteiger partial charge in [-0.05, 0) is 46.1 Å². The van der Waals surface area contributed by atoms with Crippen LogP contribution in [0.15, 0.2) is 0 Å². The topological polar surface area (TPSA) is 59.0 Å². The van der Waals surface area contributed by atoms with E-state index in [0.717, 1.165) is 0 Å². The van der Waals surface area contributed by atoms with Crippen molar-refractivity contribution in [3.8, 4) is 0 Å². The monoisotopic (exact) mass is 421 g/mol. The molecule has 5 nitrogen and oxygen atoms in total. The summed E-state index contributed by atoms with van der Waals surface area (Å²) in [6.07, 6.45) is -3.80. The minimum Gasteiger partial charge on any atom is -0.444 e. The number of aliphatic hydroxyl groups excluding tert-OH is 1. The summed E-state index contributed by atoms with van der Waals surface area (Å²) in [5.74, 6) is 0. The number of piperidine rings is 1. The lowest BCUT2D eigenvalue weighted by Crippen LogP contribution is -2.53. The van der Waals surface area contributed by atoms with Crippen LogP contribution in [0.1, 0.15) is 61.4 Å². The molecule has 1 spiro atoms. The molecule has 2 atom stereocenters. The summed E-state index contributed by atoms with van der Waals surface area (Å²) in [6, 6.07) is -0.247. The number of carbonyl (C=O) groups excluding carboxylic acids is 1. The maximum Gasteiger partial charge on any atom is 0.425 e. The van der Waals surface area contributed by atoms with Gasteiger partial charge in [0.2, 0.25) is 0 Å². The van der Waals surface area contributed by atoms with Crippen LogP contribution in [0.25, 0.3) is 0 Å². The molecule has 1 N–H and O–H groups in total. The highest BCUT2D eigenvalue weighted by molar-refractivity contribution is 7.12. The predicted octanol–water partition coefficient (Wildman–Crippen LogP) is 4.45. The SMILES string of the molecule is C[C@H]1C[C@@]2(CCN1C(=O)OC(C)(C)C)OCCc1c2sc(C(F)(F)F)c1CO. The van der Waals surface area contributed by atoms with Crippen molar-refractivity contribution in [1.82, 2.24) is 4.90 Å². The van der Waals surface area contributed by atoms with E-state index in [1.165, 1.54) is 0 Å². The number of hydrogen-bond acceptors (Lipinski definition) is 5. The highest BCUT2D eigenvalue weighted by Gasteiger charge is 2.49. The van der Waals surface area contributed by atoms with Crippen LogP contribution in [-0.4, -0.2) is 40.9 Å². The largest absolute Gasteiger partial charge is 0.444 e. The first-order chi connectivity index (χ1) is 12.9. The van der Waals surface area contributed by atoms with E-state index < -0.39 is 35.0 Å². The lowest BCUT2D eigenvalue weighted by molar-refractivity contribution is -0.135. The molecule has 2 aliphatic rings. The quantitative estimate of drug-likeness (QED) is 0.728. The molecule has 1 fully saturated rings. The van der Waals surface area contributed by atoms with Crippen LogP contribution in [0, 0.1) is 0 Å². The first-order valence-corrected chi connectivity index (χ1v) is 10.2. The van der Waals surface area contributed by atoms with Gasteiger partial charge in [-0.2, -0.15) is 13.2 Å². The van der Waals surface area contributed by atoms with E-state index in [9.17, 15) is 23.1 Å². The number of alkyl halides is 3. The van der Waals surface area contributed by atoms with Crippen molar-refractivity contribution in [3.05, 3.63) is 20.9 Å². The van der Waals surface area contributed by atoms with Crippen LogP contribution < -0.4 is 0 Å². The van der Waals surface area contributed by atoms with Gasteiger partial charge < -0.3 is 19.5 Å². The average Bonchev–Trinajstić information content (AvgIpc) is 2.93. The van der Waals surface area contributed by atoms with Crippen molar-refractivity contribution in [1.29, 1.82) is 0 Å². The number of ether oxygens (including phenoxy) is 2. The molecule has 1 saturated heterocycles. The van der Waals surface area contributed by atoms with Gasteiger partial charge >= 0.3 is 12.3 Å². The molecular weight excluding hydrogens is 395 g/mol. The molecule has 0 unspecified atom stereocenters. The normalized spacial score (nSPS) is 25.7. The summed E-state index contributed by atoms with van der Waals surface area (Å²) in [4.78, 5) is 13.9. The van der Waals surface area contributed by atoms with E-state index in [1.54, 1.807) is 25.7 Å². The highest BCUT2D eigenvalue weighted by Crippen LogP contribution is 2.51. The van der Waals surface area contributed by atoms with Crippen molar-refractivity contribution in [2.75, 3.05) is 13.2 Å². The Morgan fingerprint density at radius 1 is 1.39 bits per heavy atom. The zero-order valence-corrected chi connectivity index (χ0v) is 17.3. The van der Waals surface area contributed by atoms with Crippen LogP contribution >= 0.6 is 11.3 Å². The molecule has 0 saturated carbocycles. The number of nitrogens with zero attached hydrogens (tertiary/aromatic N) is 1. The second kappa shape index (κ2) is 7.18. The van der Waals surface area contributed by atoms with Crippen LogP contribution in [0.2, 0.25) is 0 Å². The molecule has 2 aliphatic heterocycles. The van der Waals surface area contributed by atoms with Gasteiger partial charge in [0, 0.05) is 29.4 Å². The molecule has 1 aromatic heterocycles. The summed E-state index contributed by atoms with van der Waals surface area (Å²) in [7, 11) is 0. The Kier molecular flexibility index (Phi) is 5.48. The first-order valence-electron chi connectivity index (χ1n) is 9.34. The summed E-state index contributed by atoms with van der Waals surface area (Å²) in [5, 5.41) is 9.58. The van der Waals surface area contributed by atoms with Gasteiger partial charge in [0.25, 0.3) is 0 Å².